The van der Waals surface area contributed by atoms with E-state index in [1.165, 1.54) is 37.2 Å². The summed E-state index contributed by atoms with van der Waals surface area (Å²) >= 11 is 0. The lowest BCUT2D eigenvalue weighted by atomic mass is 10.0. The number of nitrogens with one attached hydrogen (secondary N) is 1. The maximum Gasteiger partial charge on any atom is 0.124 e. The van der Waals surface area contributed by atoms with Crippen molar-refractivity contribution in [2.45, 2.75) is 39.2 Å². The highest BCUT2D eigenvalue weighted by atomic mass is 16.5. The second-order valence-corrected chi connectivity index (χ2v) is 6.37. The number of anilines is 1. The lowest BCUT2D eigenvalue weighted by Crippen LogP contribution is -2.29. The average Bonchev–Trinajstić information content (AvgIpc) is 2.94. The van der Waals surface area contributed by atoms with Gasteiger partial charge in [-0.25, -0.2) is 0 Å². The normalized spacial score (nSPS) is 22.6. The predicted molar refractivity (Wildman–Crippen MR) is 83.6 cm³/mol. The van der Waals surface area contributed by atoms with Gasteiger partial charge in [-0.15, -0.1) is 0 Å². The van der Waals surface area contributed by atoms with Gasteiger partial charge in [0, 0.05) is 36.3 Å². The number of rotatable bonds is 4. The SMILES string of the molecule is CC(C)N1CCC(COc2cccc3c2CCCN3)C1. The number of benzene rings is 1. The number of likely N-dealkylation sites (tertiary alicyclic amines) is 1. The van der Waals surface area contributed by atoms with Crippen LogP contribution < -0.4 is 10.1 Å². The van der Waals surface area contributed by atoms with Crippen LogP contribution in [0.4, 0.5) is 5.69 Å². The van der Waals surface area contributed by atoms with E-state index >= 15 is 0 Å². The van der Waals surface area contributed by atoms with Crippen molar-refractivity contribution in [2.75, 3.05) is 31.6 Å². The topological polar surface area (TPSA) is 24.5 Å². The van der Waals surface area contributed by atoms with Gasteiger partial charge >= 0.3 is 0 Å². The van der Waals surface area contributed by atoms with Crippen molar-refractivity contribution < 1.29 is 4.74 Å². The molecule has 0 aliphatic carbocycles. The van der Waals surface area contributed by atoms with E-state index in [9.17, 15) is 0 Å². The lowest BCUT2D eigenvalue weighted by Gasteiger charge is -2.22. The molecule has 3 heteroatoms. The first-order valence-corrected chi connectivity index (χ1v) is 7.96. The largest absolute Gasteiger partial charge is 0.493 e. The highest BCUT2D eigenvalue weighted by Crippen LogP contribution is 2.31. The Bertz CT molecular complexity index is 458. The highest BCUT2D eigenvalue weighted by molar-refractivity contribution is 5.59. The molecular formula is C17H26N2O. The molecular weight excluding hydrogens is 248 g/mol. The molecule has 1 unspecified atom stereocenters. The van der Waals surface area contributed by atoms with E-state index < -0.39 is 0 Å². The summed E-state index contributed by atoms with van der Waals surface area (Å²) in [6.07, 6.45) is 3.62. The molecule has 0 amide bonds. The van der Waals surface area contributed by atoms with Crippen LogP contribution in [0.5, 0.6) is 5.75 Å². The van der Waals surface area contributed by atoms with Crippen LogP contribution in [0.15, 0.2) is 18.2 Å². The number of hydrogen-bond donors (Lipinski definition) is 1. The molecule has 2 aliphatic rings. The van der Waals surface area contributed by atoms with Crippen LogP contribution >= 0.6 is 0 Å². The first-order valence-electron chi connectivity index (χ1n) is 7.96. The van der Waals surface area contributed by atoms with E-state index in [0.717, 1.165) is 25.3 Å². The zero-order chi connectivity index (χ0) is 13.9. The van der Waals surface area contributed by atoms with Crippen molar-refractivity contribution in [1.82, 2.24) is 4.90 Å². The van der Waals surface area contributed by atoms with Gasteiger partial charge in [0.2, 0.25) is 0 Å². The Morgan fingerprint density at radius 3 is 3.10 bits per heavy atom. The maximum absolute atomic E-state index is 6.15. The average molecular weight is 274 g/mol. The number of fused-ring (bicyclic) bond motifs is 1. The van der Waals surface area contributed by atoms with E-state index in [2.05, 4.69) is 42.3 Å². The highest BCUT2D eigenvalue weighted by Gasteiger charge is 2.25. The van der Waals surface area contributed by atoms with Crippen molar-refractivity contribution in [3.63, 3.8) is 0 Å². The first-order chi connectivity index (χ1) is 9.74. The van der Waals surface area contributed by atoms with E-state index in [1.54, 1.807) is 0 Å². The van der Waals surface area contributed by atoms with Crippen molar-refractivity contribution in [3.8, 4) is 5.75 Å². The summed E-state index contributed by atoms with van der Waals surface area (Å²) in [5.41, 5.74) is 2.64. The fourth-order valence-electron chi connectivity index (χ4n) is 3.29. The molecule has 2 aliphatic heterocycles. The van der Waals surface area contributed by atoms with Crippen molar-refractivity contribution in [2.24, 2.45) is 5.92 Å². The molecule has 3 rings (SSSR count). The standard InChI is InChI=1S/C17H26N2O/c1-13(2)19-10-8-14(11-19)12-20-17-7-3-6-16-15(17)5-4-9-18-16/h3,6-7,13-14,18H,4-5,8-12H2,1-2H3. The summed E-state index contributed by atoms with van der Waals surface area (Å²) in [6.45, 7) is 8.91. The van der Waals surface area contributed by atoms with Gasteiger partial charge in [-0.3, -0.25) is 0 Å². The van der Waals surface area contributed by atoms with Gasteiger partial charge in [-0.1, -0.05) is 6.07 Å². The third kappa shape index (κ3) is 2.93. The molecule has 3 nitrogen and oxygen atoms in total. The Kier molecular flexibility index (Phi) is 4.16. The van der Waals surface area contributed by atoms with Crippen molar-refractivity contribution in [3.05, 3.63) is 23.8 Å². The molecule has 0 aromatic heterocycles. The molecule has 0 spiro atoms. The van der Waals surface area contributed by atoms with Crippen molar-refractivity contribution in [1.29, 1.82) is 0 Å². The summed E-state index contributed by atoms with van der Waals surface area (Å²) in [4.78, 5) is 2.55. The molecule has 110 valence electrons. The van der Waals surface area contributed by atoms with Crippen LogP contribution in [-0.2, 0) is 6.42 Å². The van der Waals surface area contributed by atoms with Crippen LogP contribution in [-0.4, -0.2) is 37.2 Å². The molecule has 1 saturated heterocycles. The van der Waals surface area contributed by atoms with Gasteiger partial charge in [-0.2, -0.15) is 0 Å². The lowest BCUT2D eigenvalue weighted by molar-refractivity contribution is 0.222. The van der Waals surface area contributed by atoms with Crippen LogP contribution in [0.3, 0.4) is 0 Å². The molecule has 1 aromatic rings. The van der Waals surface area contributed by atoms with E-state index in [1.807, 2.05) is 0 Å². The Morgan fingerprint density at radius 1 is 1.40 bits per heavy atom. The minimum atomic E-state index is 0.661. The fraction of sp³-hybridized carbons (Fsp3) is 0.647. The van der Waals surface area contributed by atoms with E-state index in [4.69, 9.17) is 4.74 Å². The zero-order valence-electron chi connectivity index (χ0n) is 12.7. The van der Waals surface area contributed by atoms with Gasteiger partial charge in [0.15, 0.2) is 0 Å². The molecule has 1 atom stereocenters. The first kappa shape index (κ1) is 13.7. The minimum absolute atomic E-state index is 0.661. The van der Waals surface area contributed by atoms with Crippen LogP contribution in [0.25, 0.3) is 0 Å². The van der Waals surface area contributed by atoms with Crippen molar-refractivity contribution >= 4 is 5.69 Å². The summed E-state index contributed by atoms with van der Waals surface area (Å²) < 4.78 is 6.15. The molecule has 0 radical (unpaired) electrons. The second-order valence-electron chi connectivity index (χ2n) is 6.37. The molecule has 20 heavy (non-hydrogen) atoms. The molecule has 1 fully saturated rings. The smallest absolute Gasteiger partial charge is 0.124 e. The Morgan fingerprint density at radius 2 is 2.30 bits per heavy atom. The van der Waals surface area contributed by atoms with Crippen LogP contribution in [0.1, 0.15) is 32.3 Å². The van der Waals surface area contributed by atoms with Gasteiger partial charge in [0.25, 0.3) is 0 Å². The number of nitrogens with zero attached hydrogens (tertiary/aromatic N) is 1. The van der Waals surface area contributed by atoms with Gasteiger partial charge < -0.3 is 15.0 Å². The minimum Gasteiger partial charge on any atom is -0.493 e. The summed E-state index contributed by atoms with van der Waals surface area (Å²) in [6, 6.07) is 7.05. The van der Waals surface area contributed by atoms with E-state index in [-0.39, 0.29) is 0 Å². The Balaban J connectivity index is 1.59. The van der Waals surface area contributed by atoms with Gasteiger partial charge in [0.1, 0.15) is 5.75 Å². The van der Waals surface area contributed by atoms with Gasteiger partial charge in [-0.05, 0) is 51.8 Å². The molecule has 0 saturated carbocycles. The fourth-order valence-corrected chi connectivity index (χ4v) is 3.29. The van der Waals surface area contributed by atoms with Crippen LogP contribution in [0.2, 0.25) is 0 Å². The number of hydrogen-bond acceptors (Lipinski definition) is 3. The zero-order valence-corrected chi connectivity index (χ0v) is 12.7. The van der Waals surface area contributed by atoms with Gasteiger partial charge in [0.05, 0.1) is 6.61 Å². The van der Waals surface area contributed by atoms with E-state index in [0.29, 0.717) is 12.0 Å². The predicted octanol–water partition coefficient (Wildman–Crippen LogP) is 3.15. The molecule has 0 bridgehead atoms. The summed E-state index contributed by atoms with van der Waals surface area (Å²) in [5.74, 6) is 1.78. The Hall–Kier alpha value is -1.22. The monoisotopic (exact) mass is 274 g/mol. The Labute approximate surface area is 122 Å². The molecule has 1 N–H and O–H groups in total. The number of ether oxygens (including phenoxy) is 1. The second kappa shape index (κ2) is 6.04. The summed E-state index contributed by atoms with van der Waals surface area (Å²) in [5, 5.41) is 3.46. The summed E-state index contributed by atoms with van der Waals surface area (Å²) in [7, 11) is 0. The third-order valence-electron chi connectivity index (χ3n) is 4.57. The third-order valence-corrected chi connectivity index (χ3v) is 4.57. The maximum atomic E-state index is 6.15. The van der Waals surface area contributed by atoms with Crippen LogP contribution in [0, 0.1) is 5.92 Å². The molecule has 1 aromatic carbocycles. The quantitative estimate of drug-likeness (QED) is 0.913. The molecule has 2 heterocycles.